The van der Waals surface area contributed by atoms with Crippen LogP contribution in [0.4, 0.5) is 4.79 Å². The number of hydrogen-bond donors (Lipinski definition) is 4. The summed E-state index contributed by atoms with van der Waals surface area (Å²) in [7, 11) is 2.90. The number of allylic oxidation sites excluding steroid dienone is 4. The Morgan fingerprint density at radius 1 is 1.13 bits per heavy atom. The number of carbonyl (C=O) groups is 4. The van der Waals surface area contributed by atoms with Gasteiger partial charge in [-0.2, -0.15) is 0 Å². The molecule has 2 bridgehead atoms. The molecule has 1 heterocycles. The molecule has 0 spiro atoms. The first-order chi connectivity index (χ1) is 18.3. The first-order valence-corrected chi connectivity index (χ1v) is 12.6. The molecule has 6 atom stereocenters. The molecule has 1 aliphatic heterocycles. The Bertz CT molecular complexity index is 1130. The van der Waals surface area contributed by atoms with Crippen LogP contribution in [0.1, 0.15) is 40.5 Å². The van der Waals surface area contributed by atoms with Gasteiger partial charge in [0.15, 0.2) is 6.10 Å². The maximum atomic E-state index is 13.2. The average Bonchev–Trinajstić information content (AvgIpc) is 2.88. The third-order valence-corrected chi connectivity index (χ3v) is 6.84. The summed E-state index contributed by atoms with van der Waals surface area (Å²) in [5.41, 5.74) is 11.9. The molecule has 0 aromatic carbocycles. The minimum Gasteiger partial charge on any atom is -0.439 e. The molecule has 0 saturated carbocycles. The van der Waals surface area contributed by atoms with Gasteiger partial charge in [-0.05, 0) is 38.2 Å². The summed E-state index contributed by atoms with van der Waals surface area (Å²) in [6.07, 6.45) is 3.55. The van der Waals surface area contributed by atoms with Crippen LogP contribution in [0.25, 0.3) is 0 Å². The molecular weight excluding hydrogens is 506 g/mol. The molecule has 0 aromatic rings. The van der Waals surface area contributed by atoms with E-state index in [1.165, 1.54) is 33.3 Å². The second-order valence-electron chi connectivity index (χ2n) is 9.97. The van der Waals surface area contributed by atoms with Crippen LogP contribution < -0.4 is 16.8 Å². The van der Waals surface area contributed by atoms with Crippen molar-refractivity contribution in [2.75, 3.05) is 14.2 Å². The second-order valence-corrected chi connectivity index (χ2v) is 9.97. The zero-order valence-electron chi connectivity index (χ0n) is 23.2. The lowest BCUT2D eigenvalue weighted by Crippen LogP contribution is -2.37. The Kier molecular flexibility index (Phi) is 11.4. The Balaban J connectivity index is 2.58. The molecule has 11 heteroatoms. The molecule has 2 rings (SSSR count). The molecule has 0 unspecified atom stereocenters. The zero-order chi connectivity index (χ0) is 29.4. The van der Waals surface area contributed by atoms with Gasteiger partial charge in [0, 0.05) is 37.4 Å². The van der Waals surface area contributed by atoms with E-state index >= 15 is 0 Å². The number of primary amides is 1. The monoisotopic (exact) mass is 545 g/mol. The van der Waals surface area contributed by atoms with Crippen molar-refractivity contribution in [3.05, 3.63) is 58.5 Å². The summed E-state index contributed by atoms with van der Waals surface area (Å²) in [4.78, 5) is 50.1. The van der Waals surface area contributed by atoms with E-state index in [0.717, 1.165) is 6.08 Å². The van der Waals surface area contributed by atoms with Crippen LogP contribution in [0, 0.1) is 11.8 Å². The van der Waals surface area contributed by atoms with Gasteiger partial charge in [-0.1, -0.05) is 38.2 Å². The van der Waals surface area contributed by atoms with Gasteiger partial charge in [0.1, 0.15) is 6.10 Å². The fourth-order valence-electron chi connectivity index (χ4n) is 4.61. The minimum atomic E-state index is -1.00. The molecule has 2 amide bonds. The highest BCUT2D eigenvalue weighted by Gasteiger charge is 2.32. The number of fused-ring (bicyclic) bond motifs is 2. The molecule has 2 aliphatic rings. The van der Waals surface area contributed by atoms with Crippen molar-refractivity contribution in [2.45, 2.75) is 65.0 Å². The predicted octanol–water partition coefficient (Wildman–Crippen LogP) is 1.72. The van der Waals surface area contributed by atoms with Crippen molar-refractivity contribution in [2.24, 2.45) is 23.3 Å². The summed E-state index contributed by atoms with van der Waals surface area (Å²) in [5.74, 6) is -2.37. The maximum absolute atomic E-state index is 13.2. The van der Waals surface area contributed by atoms with Crippen LogP contribution in [0.5, 0.6) is 0 Å². The van der Waals surface area contributed by atoms with Gasteiger partial charge in [0.25, 0.3) is 5.91 Å². The number of Topliss-reactive ketones (excluding diaryl/α,β-unsaturated/α-hetero) is 1. The number of nitrogens with one attached hydrogen (secondary N) is 1. The number of ketones is 2. The summed E-state index contributed by atoms with van der Waals surface area (Å²) in [6, 6.07) is 0. The van der Waals surface area contributed by atoms with Crippen molar-refractivity contribution >= 4 is 23.6 Å². The molecule has 0 saturated heterocycles. The van der Waals surface area contributed by atoms with E-state index in [1.54, 1.807) is 26.0 Å². The third kappa shape index (κ3) is 8.22. The lowest BCUT2D eigenvalue weighted by Gasteiger charge is -2.29. The van der Waals surface area contributed by atoms with Crippen molar-refractivity contribution in [1.82, 2.24) is 5.32 Å². The van der Waals surface area contributed by atoms with Crippen molar-refractivity contribution in [3.63, 3.8) is 0 Å². The van der Waals surface area contributed by atoms with Crippen molar-refractivity contribution in [1.29, 1.82) is 0 Å². The van der Waals surface area contributed by atoms with Gasteiger partial charge in [-0.15, -0.1) is 0 Å². The van der Waals surface area contributed by atoms with E-state index in [-0.39, 0.29) is 34.9 Å². The van der Waals surface area contributed by atoms with Crippen LogP contribution in [0.15, 0.2) is 58.5 Å². The SMILES string of the molecule is CO[C@@H]1/C=C/C=C(/C)C(=O)NC2=CC(=O)C(N)=C(C[C@@H](C)C[C@@H](OC)[C@H](O)[C@H](C)/C=C(\C)[C@H]1OC(N)=O)C2=O. The molecule has 214 valence electrons. The van der Waals surface area contributed by atoms with Gasteiger partial charge in [-0.25, -0.2) is 4.79 Å². The smallest absolute Gasteiger partial charge is 0.405 e. The zero-order valence-corrected chi connectivity index (χ0v) is 23.2. The van der Waals surface area contributed by atoms with Crippen LogP contribution in [-0.4, -0.2) is 67.3 Å². The number of ether oxygens (including phenoxy) is 3. The quantitative estimate of drug-likeness (QED) is 0.303. The third-order valence-electron chi connectivity index (χ3n) is 6.84. The summed E-state index contributed by atoms with van der Waals surface area (Å²) in [5, 5.41) is 13.6. The molecular formula is C28H39N3O8. The van der Waals surface area contributed by atoms with Crippen LogP contribution >= 0.6 is 0 Å². The van der Waals surface area contributed by atoms with Gasteiger partial charge in [0.2, 0.25) is 11.6 Å². The van der Waals surface area contributed by atoms with Gasteiger partial charge < -0.3 is 36.1 Å². The fourth-order valence-corrected chi connectivity index (χ4v) is 4.61. The van der Waals surface area contributed by atoms with E-state index in [0.29, 0.717) is 12.0 Å². The molecule has 0 radical (unpaired) electrons. The molecule has 11 nitrogen and oxygen atoms in total. The van der Waals surface area contributed by atoms with Crippen molar-refractivity contribution in [3.8, 4) is 0 Å². The van der Waals surface area contributed by atoms with Crippen LogP contribution in [-0.2, 0) is 28.6 Å². The standard InChI is InChI=1S/C28H39N3O8/c1-14-10-18-23(29)20(32)13-19(25(18)34)31-27(35)15(2)8-7-9-21(37-5)26(39-28(30)36)17(4)12-16(3)24(33)22(11-14)38-6/h7-9,12-14,16,21-22,24,26,33H,10-11,29H2,1-6H3,(H2,30,36)(H,31,35)/b9-7+,15-8-,17-12+/t14-,16-,21-,22-,24-,26-/m1/s1. The van der Waals surface area contributed by atoms with Gasteiger partial charge in [-0.3, -0.25) is 14.4 Å². The normalized spacial score (nSPS) is 33.3. The molecule has 39 heavy (non-hydrogen) atoms. The summed E-state index contributed by atoms with van der Waals surface area (Å²) >= 11 is 0. The van der Waals surface area contributed by atoms with Crippen LogP contribution in [0.2, 0.25) is 0 Å². The molecule has 0 fully saturated rings. The van der Waals surface area contributed by atoms with E-state index < -0.39 is 53.9 Å². The highest BCUT2D eigenvalue weighted by atomic mass is 16.6. The second kappa shape index (κ2) is 14.0. The minimum absolute atomic E-state index is 0.104. The Morgan fingerprint density at radius 3 is 2.38 bits per heavy atom. The van der Waals surface area contributed by atoms with E-state index in [1.807, 2.05) is 6.92 Å². The number of hydrogen-bond acceptors (Lipinski definition) is 9. The highest BCUT2D eigenvalue weighted by molar-refractivity contribution is 6.23. The Labute approximate surface area is 228 Å². The lowest BCUT2D eigenvalue weighted by molar-refractivity contribution is -0.120. The highest BCUT2D eigenvalue weighted by Crippen LogP contribution is 2.28. The largest absolute Gasteiger partial charge is 0.439 e. The Morgan fingerprint density at radius 2 is 1.79 bits per heavy atom. The summed E-state index contributed by atoms with van der Waals surface area (Å²) in [6.45, 7) is 6.89. The molecule has 6 N–H and O–H groups in total. The first-order valence-electron chi connectivity index (χ1n) is 12.6. The summed E-state index contributed by atoms with van der Waals surface area (Å²) < 4.78 is 16.4. The number of aliphatic hydroxyl groups is 1. The molecule has 0 aromatic heterocycles. The maximum Gasteiger partial charge on any atom is 0.405 e. The number of aliphatic hydroxyl groups excluding tert-OH is 1. The number of methoxy groups -OCH3 is 2. The first kappa shape index (κ1) is 31.7. The number of carbonyl (C=O) groups excluding carboxylic acids is 4. The predicted molar refractivity (Wildman–Crippen MR) is 144 cm³/mol. The van der Waals surface area contributed by atoms with E-state index in [9.17, 15) is 24.3 Å². The Hall–Kier alpha value is -3.54. The average molecular weight is 546 g/mol. The fraction of sp³-hybridized carbons (Fsp3) is 0.500. The van der Waals surface area contributed by atoms with Crippen molar-refractivity contribution < 1.29 is 38.5 Å². The van der Waals surface area contributed by atoms with Gasteiger partial charge >= 0.3 is 6.09 Å². The van der Waals surface area contributed by atoms with E-state index in [4.69, 9.17) is 25.7 Å². The topological polar surface area (TPSA) is 180 Å². The lowest BCUT2D eigenvalue weighted by atomic mass is 9.85. The van der Waals surface area contributed by atoms with Gasteiger partial charge in [0.05, 0.1) is 23.6 Å². The van der Waals surface area contributed by atoms with E-state index in [2.05, 4.69) is 5.32 Å². The van der Waals surface area contributed by atoms with Crippen LogP contribution in [0.3, 0.4) is 0 Å². The molecule has 1 aliphatic carbocycles. The number of amides is 2. The number of nitrogens with two attached hydrogens (primary N) is 2. The number of rotatable bonds is 3.